The molecule has 0 spiro atoms. The van der Waals surface area contributed by atoms with Crippen LogP contribution < -0.4 is 0 Å². The largest absolute Gasteiger partial charge is 0.309 e. The van der Waals surface area contributed by atoms with Gasteiger partial charge >= 0.3 is 0 Å². The molecule has 0 N–H and O–H groups in total. The molecule has 12 rings (SSSR count). The Morgan fingerprint density at radius 1 is 0.423 bits per heavy atom. The van der Waals surface area contributed by atoms with Gasteiger partial charge in [-0.05, 0) is 162 Å². The van der Waals surface area contributed by atoms with Crippen molar-refractivity contribution in [3.63, 3.8) is 0 Å². The number of hydrogen-bond donors (Lipinski definition) is 0. The maximum Gasteiger partial charge on any atom is 0.164 e. The third-order valence-electron chi connectivity index (χ3n) is 15.6. The van der Waals surface area contributed by atoms with Crippen LogP contribution in [0.25, 0.3) is 111 Å². The van der Waals surface area contributed by atoms with Crippen LogP contribution in [0.4, 0.5) is 0 Å². The summed E-state index contributed by atoms with van der Waals surface area (Å²) in [5.41, 5.74) is 20.1. The van der Waals surface area contributed by atoms with E-state index in [2.05, 4.69) is 253 Å². The number of benzene rings is 9. The van der Waals surface area contributed by atoms with Crippen molar-refractivity contribution >= 4 is 43.6 Å². The van der Waals surface area contributed by atoms with Gasteiger partial charge in [-0.3, -0.25) is 0 Å². The molecule has 9 aromatic carbocycles. The molecule has 78 heavy (non-hydrogen) atoms. The van der Waals surface area contributed by atoms with Crippen molar-refractivity contribution in [1.29, 1.82) is 5.26 Å². The second-order valence-corrected chi connectivity index (χ2v) is 23.3. The zero-order valence-corrected chi connectivity index (χ0v) is 46.2. The third-order valence-corrected chi connectivity index (χ3v) is 15.6. The predicted molar refractivity (Wildman–Crippen MR) is 326 cm³/mol. The molecule has 0 aliphatic heterocycles. The smallest absolute Gasteiger partial charge is 0.164 e. The van der Waals surface area contributed by atoms with Crippen LogP contribution in [-0.4, -0.2) is 24.1 Å². The van der Waals surface area contributed by atoms with Crippen LogP contribution in [0.3, 0.4) is 0 Å². The number of nitrogens with zero attached hydrogens (tertiary/aromatic N) is 6. The number of unbranched alkanes of at least 4 members (excludes halogenated alkanes) is 1. The summed E-state index contributed by atoms with van der Waals surface area (Å²) in [4.78, 5) is 16.4. The van der Waals surface area contributed by atoms with Gasteiger partial charge in [0.25, 0.3) is 0 Å². The lowest BCUT2D eigenvalue weighted by Gasteiger charge is -2.22. The molecule has 0 amide bonds. The summed E-state index contributed by atoms with van der Waals surface area (Å²) in [5.74, 6) is 1.87. The highest BCUT2D eigenvalue weighted by molar-refractivity contribution is 6.12. The fraction of sp³-hybridized carbons (Fsp3) is 0.194. The van der Waals surface area contributed by atoms with Gasteiger partial charge in [0.1, 0.15) is 0 Å². The van der Waals surface area contributed by atoms with Gasteiger partial charge in [0.2, 0.25) is 0 Å². The summed E-state index contributed by atoms with van der Waals surface area (Å²) in [6.07, 6.45) is 3.19. The standard InChI is InChI=1S/C72H64N6/c1-10-11-17-48-38-53(41-55(39-48)72(7,8)9)70-75-68(51-18-16-19-54(40-51)71(4,5)6)74-69(76-70)52-31-35-67(78-63-23-15-13-21-57(63)59-37-46(3)25-33-65(59)78)61(43-52)60-42-50(49-28-26-47(44-73)27-29-49)30-34-66(60)77-62-22-14-12-20-56(62)58-36-45(2)24-32-64(58)77/h12-16,18-43H,10-11,17H2,1-9H3. The molecule has 0 radical (unpaired) electrons. The highest BCUT2D eigenvalue weighted by atomic mass is 15.0. The van der Waals surface area contributed by atoms with Gasteiger partial charge in [0.15, 0.2) is 17.5 Å². The minimum Gasteiger partial charge on any atom is -0.309 e. The molecule has 0 atom stereocenters. The minimum absolute atomic E-state index is 0.0840. The number of aryl methyl sites for hydroxylation is 3. The molecule has 6 nitrogen and oxygen atoms in total. The van der Waals surface area contributed by atoms with Crippen molar-refractivity contribution in [3.8, 4) is 73.9 Å². The van der Waals surface area contributed by atoms with Crippen LogP contribution in [0.2, 0.25) is 0 Å². The van der Waals surface area contributed by atoms with Gasteiger partial charge in [-0.1, -0.05) is 157 Å². The number of rotatable bonds is 10. The van der Waals surface area contributed by atoms with E-state index < -0.39 is 0 Å². The quantitative estimate of drug-likeness (QED) is 0.137. The number of fused-ring (bicyclic) bond motifs is 6. The summed E-state index contributed by atoms with van der Waals surface area (Å²) in [6.45, 7) is 20.2. The molecule has 0 unspecified atom stereocenters. The van der Waals surface area contributed by atoms with Gasteiger partial charge in [-0.15, -0.1) is 0 Å². The van der Waals surface area contributed by atoms with Crippen LogP contribution in [0.1, 0.15) is 94.7 Å². The van der Waals surface area contributed by atoms with Gasteiger partial charge in [-0.25, -0.2) is 15.0 Å². The van der Waals surface area contributed by atoms with Crippen molar-refractivity contribution in [2.75, 3.05) is 0 Å². The Kier molecular flexibility index (Phi) is 12.5. The summed E-state index contributed by atoms with van der Waals surface area (Å²) < 4.78 is 4.88. The molecule has 3 aromatic heterocycles. The Labute approximate surface area is 458 Å². The molecular weight excluding hydrogens is 949 g/mol. The summed E-state index contributed by atoms with van der Waals surface area (Å²) >= 11 is 0. The van der Waals surface area contributed by atoms with E-state index in [-0.39, 0.29) is 10.8 Å². The SMILES string of the molecule is CCCCc1cc(-c2nc(-c3cccc(C(C)(C)C)c3)nc(-c3ccc(-n4c5ccccc5c5cc(C)ccc54)c(-c4cc(-c5ccc(C#N)cc5)ccc4-n4c5ccccc5c5cc(C)ccc54)c3)n2)cc(C(C)(C)C)c1. The molecule has 382 valence electrons. The molecule has 0 saturated carbocycles. The molecule has 12 aromatic rings. The van der Waals surface area contributed by atoms with Crippen molar-refractivity contribution in [2.45, 2.75) is 92.4 Å². The maximum absolute atomic E-state index is 9.86. The second kappa shape index (κ2) is 19.6. The molecule has 0 saturated heterocycles. The number of nitriles is 1. The van der Waals surface area contributed by atoms with Gasteiger partial charge in [-0.2, -0.15) is 5.26 Å². The Bertz CT molecular complexity index is 4360. The van der Waals surface area contributed by atoms with Crippen LogP contribution in [0.5, 0.6) is 0 Å². The minimum atomic E-state index is -0.0911. The lowest BCUT2D eigenvalue weighted by Crippen LogP contribution is -2.12. The molecular formula is C72H64N6. The van der Waals surface area contributed by atoms with E-state index in [1.165, 1.54) is 49.4 Å². The van der Waals surface area contributed by atoms with E-state index >= 15 is 0 Å². The van der Waals surface area contributed by atoms with E-state index in [9.17, 15) is 5.26 Å². The first-order valence-corrected chi connectivity index (χ1v) is 27.4. The molecule has 0 aliphatic rings. The average Bonchev–Trinajstić information content (AvgIpc) is 4.19. The van der Waals surface area contributed by atoms with Gasteiger partial charge in [0, 0.05) is 49.4 Å². The zero-order valence-electron chi connectivity index (χ0n) is 46.2. The molecule has 0 bridgehead atoms. The van der Waals surface area contributed by atoms with E-state index in [4.69, 9.17) is 15.0 Å². The fourth-order valence-electron chi connectivity index (χ4n) is 11.3. The highest BCUT2D eigenvalue weighted by Gasteiger charge is 2.25. The summed E-state index contributed by atoms with van der Waals surface area (Å²) in [5, 5.41) is 14.6. The van der Waals surface area contributed by atoms with E-state index in [1.807, 2.05) is 12.1 Å². The van der Waals surface area contributed by atoms with Crippen molar-refractivity contribution in [2.24, 2.45) is 0 Å². The first kappa shape index (κ1) is 49.9. The molecule has 6 heteroatoms. The van der Waals surface area contributed by atoms with E-state index in [0.717, 1.165) is 91.6 Å². The normalized spacial score (nSPS) is 12.1. The summed E-state index contributed by atoms with van der Waals surface area (Å²) in [7, 11) is 0. The van der Waals surface area contributed by atoms with E-state index in [0.29, 0.717) is 23.0 Å². The maximum atomic E-state index is 9.86. The first-order valence-electron chi connectivity index (χ1n) is 27.4. The van der Waals surface area contributed by atoms with Gasteiger partial charge in [0.05, 0.1) is 45.1 Å². The number of hydrogen-bond acceptors (Lipinski definition) is 4. The van der Waals surface area contributed by atoms with Crippen molar-refractivity contribution < 1.29 is 0 Å². The van der Waals surface area contributed by atoms with Crippen molar-refractivity contribution in [1.82, 2.24) is 24.1 Å². The number of para-hydroxylation sites is 2. The fourth-order valence-corrected chi connectivity index (χ4v) is 11.3. The van der Waals surface area contributed by atoms with Crippen LogP contribution >= 0.6 is 0 Å². The lowest BCUT2D eigenvalue weighted by molar-refractivity contribution is 0.589. The predicted octanol–water partition coefficient (Wildman–Crippen LogP) is 18.8. The third kappa shape index (κ3) is 9.13. The molecule has 0 fully saturated rings. The molecule has 3 heterocycles. The Morgan fingerprint density at radius 3 is 1.46 bits per heavy atom. The summed E-state index contributed by atoms with van der Waals surface area (Å²) in [6, 6.07) is 70.6. The van der Waals surface area contributed by atoms with Crippen LogP contribution in [0, 0.1) is 25.2 Å². The highest BCUT2D eigenvalue weighted by Crippen LogP contribution is 2.44. The zero-order chi connectivity index (χ0) is 54.0. The molecule has 0 aliphatic carbocycles. The van der Waals surface area contributed by atoms with Crippen LogP contribution in [-0.2, 0) is 17.3 Å². The van der Waals surface area contributed by atoms with E-state index in [1.54, 1.807) is 0 Å². The monoisotopic (exact) mass is 1010 g/mol. The Balaban J connectivity index is 1.19. The Hall–Kier alpha value is -8.92. The lowest BCUT2D eigenvalue weighted by atomic mass is 9.84. The van der Waals surface area contributed by atoms with Crippen molar-refractivity contribution in [3.05, 3.63) is 221 Å². The topological polar surface area (TPSA) is 72.3 Å². The van der Waals surface area contributed by atoms with Crippen LogP contribution in [0.15, 0.2) is 188 Å². The average molecular weight is 1010 g/mol. The van der Waals surface area contributed by atoms with Gasteiger partial charge < -0.3 is 9.13 Å². The first-order chi connectivity index (χ1) is 37.6. The Morgan fingerprint density at radius 2 is 0.910 bits per heavy atom. The number of aromatic nitrogens is 5. The second-order valence-electron chi connectivity index (χ2n) is 23.3.